The van der Waals surface area contributed by atoms with Gasteiger partial charge in [0.15, 0.2) is 5.65 Å². The lowest BCUT2D eigenvalue weighted by atomic mass is 9.95. The minimum Gasteiger partial charge on any atom is -0.342 e. The molecule has 1 fully saturated rings. The number of nitrogens with one attached hydrogen (secondary N) is 1. The summed E-state index contributed by atoms with van der Waals surface area (Å²) in [4.78, 5) is 25.2. The van der Waals surface area contributed by atoms with Crippen molar-refractivity contribution in [3.8, 4) is 22.5 Å². The van der Waals surface area contributed by atoms with Gasteiger partial charge in [0.1, 0.15) is 17.2 Å². The van der Waals surface area contributed by atoms with Gasteiger partial charge in [0.2, 0.25) is 0 Å². The minimum atomic E-state index is -0.238. The predicted octanol–water partition coefficient (Wildman–Crippen LogP) is 7.82. The van der Waals surface area contributed by atoms with E-state index in [1.165, 1.54) is 17.7 Å². The maximum atomic E-state index is 13.6. The van der Waals surface area contributed by atoms with Crippen LogP contribution in [-0.2, 0) is 6.54 Å². The fraction of sp³-hybridized carbons (Fsp3) is 0.212. The number of piperidine rings is 1. The van der Waals surface area contributed by atoms with E-state index in [4.69, 9.17) is 15.0 Å². The average molecular weight is 608 g/mol. The van der Waals surface area contributed by atoms with Crippen LogP contribution in [0.1, 0.15) is 35.8 Å². The van der Waals surface area contributed by atoms with Crippen LogP contribution >= 0.6 is 15.9 Å². The van der Waals surface area contributed by atoms with Crippen molar-refractivity contribution in [1.82, 2.24) is 29.8 Å². The standard InChI is InChI=1S/C33H28BrFN6/c1-20-26(34)18-29-33(36-20)40-31(22-5-3-2-4-6-22)30(37-29)23-9-7-21(8-10-23)19-41-15-13-24(14-16-41)32-38-27-12-11-25(35)17-28(27)39-32/h2-12,17-18,24H,13-16,19H2,1H3,(H,38,39). The number of aromatic amines is 1. The van der Waals surface area contributed by atoms with Crippen LogP contribution in [0.15, 0.2) is 83.3 Å². The molecule has 1 N–H and O–H groups in total. The van der Waals surface area contributed by atoms with E-state index in [1.54, 1.807) is 6.07 Å². The number of imidazole rings is 1. The molecule has 0 aliphatic carbocycles. The van der Waals surface area contributed by atoms with Crippen molar-refractivity contribution in [2.24, 2.45) is 0 Å². The van der Waals surface area contributed by atoms with Gasteiger partial charge in [0.25, 0.3) is 0 Å². The third-order valence-corrected chi connectivity index (χ3v) is 8.71. The van der Waals surface area contributed by atoms with Gasteiger partial charge < -0.3 is 4.98 Å². The maximum absolute atomic E-state index is 13.6. The van der Waals surface area contributed by atoms with Crippen LogP contribution in [0.25, 0.3) is 44.7 Å². The second-order valence-electron chi connectivity index (χ2n) is 10.7. The molecule has 8 heteroatoms. The predicted molar refractivity (Wildman–Crippen MR) is 164 cm³/mol. The highest BCUT2D eigenvalue weighted by Crippen LogP contribution is 2.33. The van der Waals surface area contributed by atoms with E-state index < -0.39 is 0 Å². The molecule has 0 atom stereocenters. The number of likely N-dealkylation sites (tertiary alicyclic amines) is 1. The quantitative estimate of drug-likeness (QED) is 0.216. The maximum Gasteiger partial charge on any atom is 0.179 e. The molecular weight excluding hydrogens is 579 g/mol. The van der Waals surface area contributed by atoms with E-state index in [2.05, 4.69) is 67.2 Å². The Bertz CT molecular complexity index is 1860. The fourth-order valence-electron chi connectivity index (χ4n) is 5.64. The zero-order chi connectivity index (χ0) is 27.9. The molecule has 0 amide bonds. The number of fused-ring (bicyclic) bond motifs is 2. The number of rotatable bonds is 5. The Labute approximate surface area is 245 Å². The van der Waals surface area contributed by atoms with Crippen LogP contribution in [0, 0.1) is 12.7 Å². The molecule has 1 aliphatic rings. The van der Waals surface area contributed by atoms with Crippen molar-refractivity contribution in [3.05, 3.63) is 106 Å². The molecule has 41 heavy (non-hydrogen) atoms. The summed E-state index contributed by atoms with van der Waals surface area (Å²) in [6.45, 7) is 4.84. The van der Waals surface area contributed by atoms with E-state index in [0.717, 1.165) is 87.5 Å². The monoisotopic (exact) mass is 606 g/mol. The van der Waals surface area contributed by atoms with Crippen LogP contribution in [0.3, 0.4) is 0 Å². The summed E-state index contributed by atoms with van der Waals surface area (Å²) in [6.07, 6.45) is 2.05. The molecule has 1 saturated heterocycles. The third-order valence-electron chi connectivity index (χ3n) is 7.90. The van der Waals surface area contributed by atoms with Crippen molar-refractivity contribution in [2.45, 2.75) is 32.2 Å². The molecule has 0 saturated carbocycles. The molecule has 0 bridgehead atoms. The van der Waals surface area contributed by atoms with Crippen LogP contribution < -0.4 is 0 Å². The molecule has 7 rings (SSSR count). The number of benzene rings is 3. The molecule has 1 aliphatic heterocycles. The van der Waals surface area contributed by atoms with Crippen LogP contribution in [0.2, 0.25) is 0 Å². The Morgan fingerprint density at radius 2 is 1.56 bits per heavy atom. The van der Waals surface area contributed by atoms with E-state index in [9.17, 15) is 4.39 Å². The molecule has 0 spiro atoms. The van der Waals surface area contributed by atoms with Crippen molar-refractivity contribution >= 4 is 38.1 Å². The second kappa shape index (κ2) is 10.8. The number of aromatic nitrogens is 5. The summed E-state index contributed by atoms with van der Waals surface area (Å²) < 4.78 is 14.5. The molecule has 0 radical (unpaired) electrons. The van der Waals surface area contributed by atoms with Crippen LogP contribution in [-0.4, -0.2) is 42.9 Å². The Morgan fingerprint density at radius 1 is 0.829 bits per heavy atom. The van der Waals surface area contributed by atoms with Crippen LogP contribution in [0.5, 0.6) is 0 Å². The number of H-pyrrole nitrogens is 1. The fourth-order valence-corrected chi connectivity index (χ4v) is 5.95. The smallest absolute Gasteiger partial charge is 0.179 e. The highest BCUT2D eigenvalue weighted by Gasteiger charge is 2.23. The Morgan fingerprint density at radius 3 is 2.34 bits per heavy atom. The normalized spacial score (nSPS) is 14.7. The Balaban J connectivity index is 1.09. The van der Waals surface area contributed by atoms with Crippen molar-refractivity contribution in [2.75, 3.05) is 13.1 Å². The lowest BCUT2D eigenvalue weighted by Crippen LogP contribution is -2.32. The van der Waals surface area contributed by atoms with Gasteiger partial charge in [0, 0.05) is 28.1 Å². The number of aryl methyl sites for hydroxylation is 1. The summed E-state index contributed by atoms with van der Waals surface area (Å²) in [5, 5.41) is 0. The number of pyridine rings is 1. The molecule has 4 heterocycles. The number of hydrogen-bond donors (Lipinski definition) is 1. The summed E-state index contributed by atoms with van der Waals surface area (Å²) >= 11 is 3.59. The van der Waals surface area contributed by atoms with Crippen molar-refractivity contribution in [3.63, 3.8) is 0 Å². The van der Waals surface area contributed by atoms with Gasteiger partial charge in [-0.1, -0.05) is 54.6 Å². The summed E-state index contributed by atoms with van der Waals surface area (Å²) in [5.74, 6) is 1.10. The first-order valence-electron chi connectivity index (χ1n) is 13.9. The van der Waals surface area contributed by atoms with Gasteiger partial charge in [0.05, 0.1) is 28.1 Å². The Kier molecular flexibility index (Phi) is 6.80. The van der Waals surface area contributed by atoms with Gasteiger partial charge in [-0.2, -0.15) is 0 Å². The number of nitrogens with zero attached hydrogens (tertiary/aromatic N) is 5. The number of halogens is 2. The average Bonchev–Trinajstić information content (AvgIpc) is 3.42. The minimum absolute atomic E-state index is 0.238. The zero-order valence-electron chi connectivity index (χ0n) is 22.6. The van der Waals surface area contributed by atoms with E-state index >= 15 is 0 Å². The number of hydrogen-bond acceptors (Lipinski definition) is 5. The van der Waals surface area contributed by atoms with Gasteiger partial charge in [-0.15, -0.1) is 0 Å². The van der Waals surface area contributed by atoms with E-state index in [-0.39, 0.29) is 5.82 Å². The summed E-state index contributed by atoms with van der Waals surface area (Å²) in [7, 11) is 0. The third kappa shape index (κ3) is 5.25. The highest BCUT2D eigenvalue weighted by atomic mass is 79.9. The summed E-state index contributed by atoms with van der Waals surface area (Å²) in [5.41, 5.74) is 8.88. The topological polar surface area (TPSA) is 70.6 Å². The molecular formula is C33H28BrFN6. The van der Waals surface area contributed by atoms with Gasteiger partial charge in [-0.3, -0.25) is 4.90 Å². The van der Waals surface area contributed by atoms with Crippen LogP contribution in [0.4, 0.5) is 4.39 Å². The first-order valence-corrected chi connectivity index (χ1v) is 14.7. The second-order valence-corrected chi connectivity index (χ2v) is 11.6. The Hall–Kier alpha value is -4.01. The molecule has 3 aromatic carbocycles. The lowest BCUT2D eigenvalue weighted by Gasteiger charge is -2.31. The molecule has 0 unspecified atom stereocenters. The molecule has 6 aromatic rings. The molecule has 6 nitrogen and oxygen atoms in total. The lowest BCUT2D eigenvalue weighted by molar-refractivity contribution is 0.202. The van der Waals surface area contributed by atoms with E-state index in [1.807, 2.05) is 31.2 Å². The van der Waals surface area contributed by atoms with Crippen molar-refractivity contribution in [1.29, 1.82) is 0 Å². The van der Waals surface area contributed by atoms with Gasteiger partial charge >= 0.3 is 0 Å². The molecule has 204 valence electrons. The van der Waals surface area contributed by atoms with Crippen molar-refractivity contribution < 1.29 is 4.39 Å². The first kappa shape index (κ1) is 25.9. The summed E-state index contributed by atoms with van der Waals surface area (Å²) in [6, 6.07) is 25.6. The van der Waals surface area contributed by atoms with Gasteiger partial charge in [-0.25, -0.2) is 24.3 Å². The molecule has 3 aromatic heterocycles. The zero-order valence-corrected chi connectivity index (χ0v) is 24.2. The van der Waals surface area contributed by atoms with E-state index in [0.29, 0.717) is 11.6 Å². The largest absolute Gasteiger partial charge is 0.342 e. The first-order chi connectivity index (χ1) is 20.0. The highest BCUT2D eigenvalue weighted by molar-refractivity contribution is 9.10. The van der Waals surface area contributed by atoms with Gasteiger partial charge in [-0.05, 0) is 78.6 Å². The SMILES string of the molecule is Cc1nc2nc(-c3ccccc3)c(-c3ccc(CN4CCC(c5nc6ccc(F)cc6[nH]5)CC4)cc3)nc2cc1Br.